The van der Waals surface area contributed by atoms with Crippen molar-refractivity contribution in [2.45, 2.75) is 32.3 Å². The first-order chi connectivity index (χ1) is 9.72. The SMILES string of the molecule is CCOC(=O)c1cccc(NCC2CCCCO2)c1N. The van der Waals surface area contributed by atoms with E-state index in [1.165, 1.54) is 6.42 Å². The number of esters is 1. The van der Waals surface area contributed by atoms with Crippen LogP contribution in [0.4, 0.5) is 11.4 Å². The van der Waals surface area contributed by atoms with Crippen molar-refractivity contribution in [3.63, 3.8) is 0 Å². The average Bonchev–Trinajstić information content (AvgIpc) is 2.47. The van der Waals surface area contributed by atoms with Crippen LogP contribution in [0, 0.1) is 0 Å². The van der Waals surface area contributed by atoms with Crippen LogP contribution in [0.15, 0.2) is 18.2 Å². The van der Waals surface area contributed by atoms with Crippen molar-refractivity contribution in [1.29, 1.82) is 0 Å². The van der Waals surface area contributed by atoms with Gasteiger partial charge in [-0.2, -0.15) is 0 Å². The van der Waals surface area contributed by atoms with E-state index in [2.05, 4.69) is 5.32 Å². The van der Waals surface area contributed by atoms with Crippen molar-refractivity contribution in [3.05, 3.63) is 23.8 Å². The monoisotopic (exact) mass is 278 g/mol. The maximum atomic E-state index is 11.8. The standard InChI is InChI=1S/C15H22N2O3/c1-2-19-15(18)12-7-5-8-13(14(12)16)17-10-11-6-3-4-9-20-11/h5,7-8,11,17H,2-4,6,9-10,16H2,1H3. The van der Waals surface area contributed by atoms with Gasteiger partial charge >= 0.3 is 5.97 Å². The lowest BCUT2D eigenvalue weighted by Gasteiger charge is -2.23. The maximum absolute atomic E-state index is 11.8. The van der Waals surface area contributed by atoms with E-state index in [0.717, 1.165) is 25.1 Å². The Balaban J connectivity index is 2.00. The molecule has 0 radical (unpaired) electrons. The third kappa shape index (κ3) is 3.63. The normalized spacial score (nSPS) is 18.6. The van der Waals surface area contributed by atoms with Gasteiger partial charge in [-0.05, 0) is 38.3 Å². The van der Waals surface area contributed by atoms with Crippen LogP contribution < -0.4 is 11.1 Å². The van der Waals surface area contributed by atoms with Crippen LogP contribution in [-0.2, 0) is 9.47 Å². The zero-order valence-electron chi connectivity index (χ0n) is 11.9. The predicted molar refractivity (Wildman–Crippen MR) is 78.9 cm³/mol. The van der Waals surface area contributed by atoms with Gasteiger partial charge in [-0.1, -0.05) is 6.07 Å². The van der Waals surface area contributed by atoms with Crippen molar-refractivity contribution in [2.24, 2.45) is 0 Å². The van der Waals surface area contributed by atoms with Gasteiger partial charge in [-0.3, -0.25) is 0 Å². The Bertz CT molecular complexity index is 456. The van der Waals surface area contributed by atoms with E-state index in [1.807, 2.05) is 6.07 Å². The molecule has 1 aliphatic heterocycles. The van der Waals surface area contributed by atoms with Crippen molar-refractivity contribution in [1.82, 2.24) is 0 Å². The van der Waals surface area contributed by atoms with Gasteiger partial charge < -0.3 is 20.5 Å². The van der Waals surface area contributed by atoms with Crippen LogP contribution in [0.2, 0.25) is 0 Å². The van der Waals surface area contributed by atoms with Gasteiger partial charge in [0.15, 0.2) is 0 Å². The van der Waals surface area contributed by atoms with Gasteiger partial charge in [-0.15, -0.1) is 0 Å². The first-order valence-corrected chi connectivity index (χ1v) is 7.13. The summed E-state index contributed by atoms with van der Waals surface area (Å²) in [7, 11) is 0. The smallest absolute Gasteiger partial charge is 0.340 e. The van der Waals surface area contributed by atoms with Gasteiger partial charge in [0, 0.05) is 13.2 Å². The molecular weight excluding hydrogens is 256 g/mol. The number of carbonyl (C=O) groups excluding carboxylic acids is 1. The Morgan fingerprint density at radius 2 is 2.35 bits per heavy atom. The first-order valence-electron chi connectivity index (χ1n) is 7.13. The molecule has 0 bridgehead atoms. The molecule has 1 atom stereocenters. The first kappa shape index (κ1) is 14.7. The van der Waals surface area contributed by atoms with E-state index in [0.29, 0.717) is 24.4 Å². The number of anilines is 2. The zero-order valence-corrected chi connectivity index (χ0v) is 11.9. The summed E-state index contributed by atoms with van der Waals surface area (Å²) in [6.45, 7) is 3.64. The molecule has 2 rings (SSSR count). The number of ether oxygens (including phenoxy) is 2. The summed E-state index contributed by atoms with van der Waals surface area (Å²) in [6.07, 6.45) is 3.61. The fraction of sp³-hybridized carbons (Fsp3) is 0.533. The summed E-state index contributed by atoms with van der Waals surface area (Å²) in [4.78, 5) is 11.8. The minimum absolute atomic E-state index is 0.217. The molecule has 0 amide bonds. The molecule has 1 unspecified atom stereocenters. The second-order valence-corrected chi connectivity index (χ2v) is 4.86. The van der Waals surface area contributed by atoms with Gasteiger partial charge in [0.1, 0.15) is 0 Å². The fourth-order valence-electron chi connectivity index (χ4n) is 2.30. The number of benzene rings is 1. The molecule has 0 aromatic heterocycles. The lowest BCUT2D eigenvalue weighted by Crippen LogP contribution is -2.27. The summed E-state index contributed by atoms with van der Waals surface area (Å²) in [6, 6.07) is 5.34. The number of rotatable bonds is 5. The predicted octanol–water partition coefficient (Wildman–Crippen LogP) is 2.43. The highest BCUT2D eigenvalue weighted by atomic mass is 16.5. The van der Waals surface area contributed by atoms with Crippen molar-refractivity contribution >= 4 is 17.3 Å². The van der Waals surface area contributed by atoms with Crippen molar-refractivity contribution in [2.75, 3.05) is 30.8 Å². The Morgan fingerprint density at radius 3 is 3.05 bits per heavy atom. The van der Waals surface area contributed by atoms with E-state index in [9.17, 15) is 4.79 Å². The fourth-order valence-corrected chi connectivity index (χ4v) is 2.30. The number of carbonyl (C=O) groups is 1. The number of para-hydroxylation sites is 1. The molecule has 1 aromatic carbocycles. The third-order valence-corrected chi connectivity index (χ3v) is 3.40. The Kier molecular flexibility index (Phi) is 5.24. The van der Waals surface area contributed by atoms with Crippen molar-refractivity contribution in [3.8, 4) is 0 Å². The van der Waals surface area contributed by atoms with Gasteiger partial charge in [0.25, 0.3) is 0 Å². The second-order valence-electron chi connectivity index (χ2n) is 4.86. The zero-order chi connectivity index (χ0) is 14.4. The van der Waals surface area contributed by atoms with E-state index in [1.54, 1.807) is 19.1 Å². The Labute approximate surface area is 119 Å². The van der Waals surface area contributed by atoms with Crippen LogP contribution in [0.3, 0.4) is 0 Å². The molecular formula is C15H22N2O3. The quantitative estimate of drug-likeness (QED) is 0.639. The second kappa shape index (κ2) is 7.14. The molecule has 0 spiro atoms. The topological polar surface area (TPSA) is 73.6 Å². The molecule has 20 heavy (non-hydrogen) atoms. The van der Waals surface area contributed by atoms with E-state index in [4.69, 9.17) is 15.2 Å². The summed E-state index contributed by atoms with van der Waals surface area (Å²) >= 11 is 0. The average molecular weight is 278 g/mol. The summed E-state index contributed by atoms with van der Waals surface area (Å²) in [5.74, 6) is -0.387. The summed E-state index contributed by atoms with van der Waals surface area (Å²) in [5.41, 5.74) is 7.62. The van der Waals surface area contributed by atoms with Crippen LogP contribution in [0.5, 0.6) is 0 Å². The lowest BCUT2D eigenvalue weighted by atomic mass is 10.1. The Morgan fingerprint density at radius 1 is 1.50 bits per heavy atom. The van der Waals surface area contributed by atoms with Crippen LogP contribution >= 0.6 is 0 Å². The number of hydrogen-bond acceptors (Lipinski definition) is 5. The van der Waals surface area contributed by atoms with E-state index in [-0.39, 0.29) is 12.1 Å². The maximum Gasteiger partial charge on any atom is 0.340 e. The van der Waals surface area contributed by atoms with E-state index < -0.39 is 0 Å². The molecule has 0 saturated carbocycles. The minimum Gasteiger partial charge on any atom is -0.462 e. The van der Waals surface area contributed by atoms with Crippen LogP contribution in [0.1, 0.15) is 36.5 Å². The molecule has 0 aliphatic carbocycles. The minimum atomic E-state index is -0.387. The van der Waals surface area contributed by atoms with Crippen molar-refractivity contribution < 1.29 is 14.3 Å². The molecule has 1 heterocycles. The highest BCUT2D eigenvalue weighted by Gasteiger charge is 2.16. The summed E-state index contributed by atoms with van der Waals surface area (Å²) in [5, 5.41) is 3.26. The van der Waals surface area contributed by atoms with Gasteiger partial charge in [-0.25, -0.2) is 4.79 Å². The third-order valence-electron chi connectivity index (χ3n) is 3.40. The Hall–Kier alpha value is -1.75. The molecule has 1 fully saturated rings. The highest BCUT2D eigenvalue weighted by molar-refractivity contribution is 5.98. The number of nitrogens with one attached hydrogen (secondary N) is 1. The molecule has 1 saturated heterocycles. The molecule has 3 N–H and O–H groups in total. The number of hydrogen-bond donors (Lipinski definition) is 2. The highest BCUT2D eigenvalue weighted by Crippen LogP contribution is 2.24. The molecule has 1 aromatic rings. The number of nitrogens with two attached hydrogens (primary N) is 1. The molecule has 5 nitrogen and oxygen atoms in total. The molecule has 5 heteroatoms. The van der Waals surface area contributed by atoms with Crippen LogP contribution in [-0.4, -0.2) is 31.8 Å². The van der Waals surface area contributed by atoms with Gasteiger partial charge in [0.05, 0.1) is 29.6 Å². The largest absolute Gasteiger partial charge is 0.462 e. The van der Waals surface area contributed by atoms with Gasteiger partial charge in [0.2, 0.25) is 0 Å². The lowest BCUT2D eigenvalue weighted by molar-refractivity contribution is 0.0248. The molecule has 1 aliphatic rings. The van der Waals surface area contributed by atoms with Crippen LogP contribution in [0.25, 0.3) is 0 Å². The molecule has 110 valence electrons. The summed E-state index contributed by atoms with van der Waals surface area (Å²) < 4.78 is 10.6. The van der Waals surface area contributed by atoms with E-state index >= 15 is 0 Å². The number of nitrogen functional groups attached to an aromatic ring is 1.